The molecule has 2 N–H and O–H groups in total. The maximum Gasteiger partial charge on any atom is 0.303 e. The monoisotopic (exact) mass is 269 g/mol. The molecule has 0 aliphatic heterocycles. The topological polar surface area (TPSA) is 66.4 Å². The third-order valence-corrected chi connectivity index (χ3v) is 4.31. The third kappa shape index (κ3) is 3.04. The van der Waals surface area contributed by atoms with Crippen molar-refractivity contribution in [3.8, 4) is 0 Å². The van der Waals surface area contributed by atoms with Crippen LogP contribution in [0.2, 0.25) is 0 Å². The number of thiophene rings is 2. The van der Waals surface area contributed by atoms with Crippen molar-refractivity contribution in [3.05, 3.63) is 22.4 Å². The van der Waals surface area contributed by atoms with E-state index in [0.717, 1.165) is 9.40 Å². The molecule has 17 heavy (non-hydrogen) atoms. The highest BCUT2D eigenvalue weighted by molar-refractivity contribution is 7.27. The molecule has 2 rings (SSSR count). The quantitative estimate of drug-likeness (QED) is 0.820. The number of hydrogen-bond acceptors (Lipinski definition) is 4. The Balaban J connectivity index is 1.87. The first-order valence-corrected chi connectivity index (χ1v) is 6.83. The summed E-state index contributed by atoms with van der Waals surface area (Å²) in [4.78, 5) is 22.7. The van der Waals surface area contributed by atoms with Gasteiger partial charge in [-0.2, -0.15) is 0 Å². The molecule has 0 spiro atoms. The van der Waals surface area contributed by atoms with Crippen LogP contribution >= 0.6 is 22.7 Å². The van der Waals surface area contributed by atoms with Gasteiger partial charge in [-0.15, -0.1) is 22.7 Å². The van der Waals surface area contributed by atoms with E-state index >= 15 is 0 Å². The van der Waals surface area contributed by atoms with Gasteiger partial charge in [0.2, 0.25) is 0 Å². The van der Waals surface area contributed by atoms with Gasteiger partial charge in [0.25, 0.3) is 5.91 Å². The Morgan fingerprint density at radius 2 is 2.18 bits per heavy atom. The van der Waals surface area contributed by atoms with Gasteiger partial charge in [0.1, 0.15) is 0 Å². The number of carbonyl (C=O) groups excluding carboxylic acids is 1. The summed E-state index contributed by atoms with van der Waals surface area (Å²) in [5, 5.41) is 13.2. The highest BCUT2D eigenvalue weighted by Crippen LogP contribution is 2.29. The molecule has 4 nitrogen and oxygen atoms in total. The first-order chi connectivity index (χ1) is 8.16. The van der Waals surface area contributed by atoms with Crippen LogP contribution in [0.4, 0.5) is 0 Å². The first kappa shape index (κ1) is 12.1. The predicted molar refractivity (Wildman–Crippen MR) is 68.9 cm³/mol. The van der Waals surface area contributed by atoms with E-state index < -0.39 is 5.97 Å². The van der Waals surface area contributed by atoms with Crippen molar-refractivity contribution in [3.63, 3.8) is 0 Å². The maximum absolute atomic E-state index is 11.7. The summed E-state index contributed by atoms with van der Waals surface area (Å²) in [5.74, 6) is -0.959. The number of carboxylic acid groups (broad SMARTS) is 1. The van der Waals surface area contributed by atoms with Crippen LogP contribution in [0.15, 0.2) is 17.5 Å². The van der Waals surface area contributed by atoms with Gasteiger partial charge in [0.05, 0.1) is 4.88 Å². The molecule has 1 amide bonds. The van der Waals surface area contributed by atoms with Crippen molar-refractivity contribution >= 4 is 43.9 Å². The number of amides is 1. The molecule has 2 heterocycles. The molecule has 2 aromatic rings. The normalized spacial score (nSPS) is 10.6. The van der Waals surface area contributed by atoms with Gasteiger partial charge in [-0.1, -0.05) is 0 Å². The molecule has 0 aromatic carbocycles. The van der Waals surface area contributed by atoms with Gasteiger partial charge >= 0.3 is 5.97 Å². The molecule has 0 unspecified atom stereocenters. The lowest BCUT2D eigenvalue weighted by molar-refractivity contribution is -0.137. The van der Waals surface area contributed by atoms with Crippen molar-refractivity contribution in [2.45, 2.75) is 12.8 Å². The maximum atomic E-state index is 11.7. The van der Waals surface area contributed by atoms with Crippen LogP contribution in [-0.2, 0) is 4.79 Å². The van der Waals surface area contributed by atoms with E-state index in [-0.39, 0.29) is 12.3 Å². The molecular weight excluding hydrogens is 258 g/mol. The number of aliphatic carboxylic acids is 1. The summed E-state index contributed by atoms with van der Waals surface area (Å²) in [5.41, 5.74) is 0. The van der Waals surface area contributed by atoms with Gasteiger partial charge in [0, 0.05) is 22.4 Å². The number of rotatable bonds is 5. The SMILES string of the molecule is O=C(O)CCCNC(=O)c1cc2sccc2s1. The molecule has 0 radical (unpaired) electrons. The van der Waals surface area contributed by atoms with E-state index in [1.165, 1.54) is 11.3 Å². The third-order valence-electron chi connectivity index (χ3n) is 2.22. The number of hydrogen-bond donors (Lipinski definition) is 2. The Morgan fingerprint density at radius 3 is 2.88 bits per heavy atom. The summed E-state index contributed by atoms with van der Waals surface area (Å²) in [6.45, 7) is 0.399. The Kier molecular flexibility index (Phi) is 3.75. The van der Waals surface area contributed by atoms with E-state index in [0.29, 0.717) is 17.8 Å². The largest absolute Gasteiger partial charge is 0.481 e. The Hall–Kier alpha value is -1.40. The number of fused-ring (bicyclic) bond motifs is 1. The van der Waals surface area contributed by atoms with Crippen molar-refractivity contribution in [1.29, 1.82) is 0 Å². The molecule has 0 fully saturated rings. The van der Waals surface area contributed by atoms with E-state index in [4.69, 9.17) is 5.11 Å². The number of carbonyl (C=O) groups is 2. The van der Waals surface area contributed by atoms with Gasteiger partial charge in [-0.3, -0.25) is 9.59 Å². The van der Waals surface area contributed by atoms with Crippen LogP contribution < -0.4 is 5.32 Å². The first-order valence-electron chi connectivity index (χ1n) is 5.14. The average Bonchev–Trinajstić information content (AvgIpc) is 2.83. The lowest BCUT2D eigenvalue weighted by atomic mass is 10.3. The summed E-state index contributed by atoms with van der Waals surface area (Å²) in [6.07, 6.45) is 0.542. The van der Waals surface area contributed by atoms with Crippen LogP contribution in [0.3, 0.4) is 0 Å². The predicted octanol–water partition coefficient (Wildman–Crippen LogP) is 2.56. The summed E-state index contributed by atoms with van der Waals surface area (Å²) in [6, 6.07) is 3.86. The van der Waals surface area contributed by atoms with E-state index in [9.17, 15) is 9.59 Å². The second kappa shape index (κ2) is 5.29. The molecule has 90 valence electrons. The smallest absolute Gasteiger partial charge is 0.303 e. The molecule has 0 aliphatic carbocycles. The fourth-order valence-corrected chi connectivity index (χ4v) is 3.43. The van der Waals surface area contributed by atoms with Gasteiger partial charge in [-0.25, -0.2) is 0 Å². The zero-order valence-electron chi connectivity index (χ0n) is 8.93. The van der Waals surface area contributed by atoms with Crippen LogP contribution in [0.5, 0.6) is 0 Å². The molecular formula is C11H11NO3S2. The summed E-state index contributed by atoms with van der Waals surface area (Å²) >= 11 is 3.07. The zero-order valence-corrected chi connectivity index (χ0v) is 10.6. The number of nitrogens with one attached hydrogen (secondary N) is 1. The van der Waals surface area contributed by atoms with E-state index in [2.05, 4.69) is 5.32 Å². The fraction of sp³-hybridized carbons (Fsp3) is 0.273. The molecule has 6 heteroatoms. The minimum Gasteiger partial charge on any atom is -0.481 e. The molecule has 0 atom stereocenters. The molecule has 2 aromatic heterocycles. The minimum absolute atomic E-state index is 0.0831. The standard InChI is InChI=1S/C11H11NO3S2/c13-10(14)2-1-4-12-11(15)9-6-8-7(17-9)3-5-16-8/h3,5-6H,1-2,4H2,(H,12,15)(H,13,14). The summed E-state index contributed by atoms with van der Waals surface area (Å²) < 4.78 is 2.23. The highest BCUT2D eigenvalue weighted by atomic mass is 32.1. The average molecular weight is 269 g/mol. The zero-order chi connectivity index (χ0) is 12.3. The molecule has 0 aliphatic rings. The Labute approximate surface area is 106 Å². The molecule has 0 saturated heterocycles. The van der Waals surface area contributed by atoms with Crippen molar-refractivity contribution in [2.75, 3.05) is 6.54 Å². The van der Waals surface area contributed by atoms with Crippen LogP contribution in [0.1, 0.15) is 22.5 Å². The second-order valence-electron chi connectivity index (χ2n) is 3.51. The second-order valence-corrected chi connectivity index (χ2v) is 5.54. The lowest BCUT2D eigenvalue weighted by Gasteiger charge is -2.01. The lowest BCUT2D eigenvalue weighted by Crippen LogP contribution is -2.23. The van der Waals surface area contributed by atoms with Gasteiger partial charge in [0.15, 0.2) is 0 Å². The Morgan fingerprint density at radius 1 is 1.35 bits per heavy atom. The Bertz CT molecular complexity index is 515. The van der Waals surface area contributed by atoms with Crippen molar-refractivity contribution in [1.82, 2.24) is 5.32 Å². The minimum atomic E-state index is -0.837. The van der Waals surface area contributed by atoms with Gasteiger partial charge in [-0.05, 0) is 23.9 Å². The highest BCUT2D eigenvalue weighted by Gasteiger charge is 2.10. The van der Waals surface area contributed by atoms with Crippen molar-refractivity contribution in [2.24, 2.45) is 0 Å². The summed E-state index contributed by atoms with van der Waals surface area (Å²) in [7, 11) is 0. The fourth-order valence-electron chi connectivity index (χ4n) is 1.41. The number of carboxylic acids is 1. The van der Waals surface area contributed by atoms with Crippen LogP contribution in [0.25, 0.3) is 9.40 Å². The van der Waals surface area contributed by atoms with Crippen LogP contribution in [0, 0.1) is 0 Å². The van der Waals surface area contributed by atoms with Gasteiger partial charge < -0.3 is 10.4 Å². The van der Waals surface area contributed by atoms with Crippen LogP contribution in [-0.4, -0.2) is 23.5 Å². The molecule has 0 saturated carbocycles. The van der Waals surface area contributed by atoms with E-state index in [1.54, 1.807) is 11.3 Å². The molecule has 0 bridgehead atoms. The van der Waals surface area contributed by atoms with Crippen molar-refractivity contribution < 1.29 is 14.7 Å². The van der Waals surface area contributed by atoms with E-state index in [1.807, 2.05) is 17.5 Å².